The molecule has 5 nitrogen and oxygen atoms in total. The maximum Gasteiger partial charge on any atom is 0.308 e. The molecule has 0 saturated carbocycles. The number of aromatic nitrogens is 3. The van der Waals surface area contributed by atoms with Crippen molar-refractivity contribution < 1.29 is 9.53 Å². The summed E-state index contributed by atoms with van der Waals surface area (Å²) >= 11 is 0. The molecule has 0 unspecified atom stereocenters. The molecule has 0 aliphatic heterocycles. The molecule has 0 aliphatic carbocycles. The third kappa shape index (κ3) is 4.34. The Morgan fingerprint density at radius 2 is 0.917 bits per heavy atom. The molecular weight excluding hydrogens is 590 g/mol. The summed E-state index contributed by atoms with van der Waals surface area (Å²) in [7, 11) is 0. The van der Waals surface area contributed by atoms with Gasteiger partial charge in [0.2, 0.25) is 0 Å². The second-order valence-electron chi connectivity index (χ2n) is 13.0. The molecule has 0 saturated heterocycles. The quantitative estimate of drug-likeness (QED) is 0.131. The van der Waals surface area contributed by atoms with Gasteiger partial charge < -0.3 is 18.4 Å². The summed E-state index contributed by atoms with van der Waals surface area (Å²) in [6.45, 7) is 4.89. The predicted molar refractivity (Wildman–Crippen MR) is 199 cm³/mol. The van der Waals surface area contributed by atoms with Crippen LogP contribution >= 0.6 is 0 Å². The van der Waals surface area contributed by atoms with Crippen LogP contribution < -0.4 is 0 Å². The van der Waals surface area contributed by atoms with Gasteiger partial charge in [-0.2, -0.15) is 0 Å². The monoisotopic (exact) mass is 625 g/mol. The largest absolute Gasteiger partial charge is 0.465 e. The van der Waals surface area contributed by atoms with Crippen molar-refractivity contribution in [3.8, 4) is 11.4 Å². The van der Waals surface area contributed by atoms with E-state index in [2.05, 4.69) is 147 Å². The van der Waals surface area contributed by atoms with E-state index in [9.17, 15) is 4.79 Å². The van der Waals surface area contributed by atoms with Crippen LogP contribution in [0, 0.1) is 5.92 Å². The maximum atomic E-state index is 12.2. The van der Waals surface area contributed by atoms with Gasteiger partial charge in [0, 0.05) is 61.3 Å². The minimum absolute atomic E-state index is 0.128. The number of ether oxygens (including phenoxy) is 1. The molecule has 0 radical (unpaired) electrons. The van der Waals surface area contributed by atoms with Crippen molar-refractivity contribution in [2.45, 2.75) is 26.8 Å². The molecule has 9 aromatic rings. The van der Waals surface area contributed by atoms with Gasteiger partial charge in [-0.25, -0.2) is 0 Å². The van der Waals surface area contributed by atoms with E-state index in [0.717, 1.165) is 24.3 Å². The SMILES string of the molecule is CC(C)C(=O)OCCCn1c2ccc(-n3c4ccccc4c4ccccc43)cc2c2cc(-n3c4ccccc4c4ccccc43)ccc21. The zero-order valence-electron chi connectivity index (χ0n) is 27.1. The van der Waals surface area contributed by atoms with Gasteiger partial charge in [0.05, 0.1) is 34.6 Å². The second-order valence-corrected chi connectivity index (χ2v) is 13.0. The summed E-state index contributed by atoms with van der Waals surface area (Å²) in [5, 5.41) is 7.40. The number of carbonyl (C=O) groups excluding carboxylic acids is 1. The lowest BCUT2D eigenvalue weighted by atomic mass is 10.1. The maximum absolute atomic E-state index is 12.2. The summed E-state index contributed by atoms with van der Waals surface area (Å²) in [5.74, 6) is -0.277. The minimum Gasteiger partial charge on any atom is -0.465 e. The molecule has 9 rings (SSSR count). The van der Waals surface area contributed by atoms with Crippen LogP contribution in [0.1, 0.15) is 20.3 Å². The van der Waals surface area contributed by atoms with Crippen LogP contribution in [0.15, 0.2) is 133 Å². The van der Waals surface area contributed by atoms with Gasteiger partial charge in [-0.05, 0) is 67.1 Å². The lowest BCUT2D eigenvalue weighted by Crippen LogP contribution is -2.13. The molecule has 0 bridgehead atoms. The highest BCUT2D eigenvalue weighted by Gasteiger charge is 2.18. The van der Waals surface area contributed by atoms with Gasteiger partial charge in [0.25, 0.3) is 0 Å². The van der Waals surface area contributed by atoms with E-state index in [4.69, 9.17) is 4.74 Å². The zero-order chi connectivity index (χ0) is 32.4. The average Bonchev–Trinajstić information content (AvgIpc) is 3.75. The van der Waals surface area contributed by atoms with E-state index in [1.807, 2.05) is 13.8 Å². The van der Waals surface area contributed by atoms with Crippen LogP contribution in [0.4, 0.5) is 0 Å². The van der Waals surface area contributed by atoms with Crippen molar-refractivity contribution in [3.63, 3.8) is 0 Å². The normalized spacial score (nSPS) is 12.1. The lowest BCUT2D eigenvalue weighted by Gasteiger charge is -2.11. The summed E-state index contributed by atoms with van der Waals surface area (Å²) < 4.78 is 12.7. The first-order chi connectivity index (χ1) is 23.6. The Hall–Kier alpha value is -5.81. The fraction of sp³-hybridized carbons (Fsp3) is 0.140. The van der Waals surface area contributed by atoms with Crippen molar-refractivity contribution in [1.29, 1.82) is 0 Å². The zero-order valence-corrected chi connectivity index (χ0v) is 27.1. The highest BCUT2D eigenvalue weighted by molar-refractivity contribution is 6.13. The fourth-order valence-corrected chi connectivity index (χ4v) is 7.56. The Kier molecular flexibility index (Phi) is 6.61. The first kappa shape index (κ1) is 28.4. The molecular formula is C43H35N3O2. The Morgan fingerprint density at radius 1 is 0.521 bits per heavy atom. The summed E-state index contributed by atoms with van der Waals surface area (Å²) in [5.41, 5.74) is 9.38. The Labute approximate surface area is 278 Å². The number of carbonyl (C=O) groups is 1. The number of hydrogen-bond donors (Lipinski definition) is 0. The van der Waals surface area contributed by atoms with Crippen molar-refractivity contribution in [2.75, 3.05) is 6.61 Å². The number of hydrogen-bond acceptors (Lipinski definition) is 2. The van der Waals surface area contributed by atoms with Gasteiger partial charge in [-0.15, -0.1) is 0 Å². The van der Waals surface area contributed by atoms with E-state index in [1.54, 1.807) is 0 Å². The predicted octanol–water partition coefficient (Wildman–Crippen LogP) is 10.6. The number of benzene rings is 6. The molecule has 0 aliphatic rings. The summed E-state index contributed by atoms with van der Waals surface area (Å²) in [6.07, 6.45) is 0.737. The van der Waals surface area contributed by atoms with Gasteiger partial charge in [0.15, 0.2) is 0 Å². The summed E-state index contributed by atoms with van der Waals surface area (Å²) in [6, 6.07) is 48.3. The lowest BCUT2D eigenvalue weighted by molar-refractivity contribution is -0.147. The molecule has 0 fully saturated rings. The van der Waals surface area contributed by atoms with Crippen LogP contribution in [0.25, 0.3) is 76.8 Å². The molecule has 234 valence electrons. The third-order valence-electron chi connectivity index (χ3n) is 9.75. The number of aryl methyl sites for hydroxylation is 1. The molecule has 48 heavy (non-hydrogen) atoms. The van der Waals surface area contributed by atoms with Crippen molar-refractivity contribution in [3.05, 3.63) is 133 Å². The van der Waals surface area contributed by atoms with Gasteiger partial charge in [-0.1, -0.05) is 86.6 Å². The molecule has 0 amide bonds. The van der Waals surface area contributed by atoms with Crippen LogP contribution in [0.2, 0.25) is 0 Å². The standard InChI is InChI=1S/C43H35N3O2/c1-28(2)43(47)48-25-11-24-44-37-22-20-29(45-39-16-7-3-12-31(39)32-13-4-8-17-40(32)45)26-35(37)36-27-30(21-23-38(36)44)46-41-18-9-5-14-33(41)34-15-6-10-19-42(34)46/h3-10,12-23,26-28H,11,24-25H2,1-2H3. The van der Waals surface area contributed by atoms with Gasteiger partial charge in [-0.3, -0.25) is 4.79 Å². The average molecular weight is 626 g/mol. The molecule has 0 atom stereocenters. The van der Waals surface area contributed by atoms with Gasteiger partial charge >= 0.3 is 5.97 Å². The Bertz CT molecular complexity index is 2410. The van der Waals surface area contributed by atoms with E-state index in [1.165, 1.54) is 65.4 Å². The molecule has 3 heterocycles. The Balaban J connectivity index is 1.26. The molecule has 6 aromatic carbocycles. The van der Waals surface area contributed by atoms with E-state index in [-0.39, 0.29) is 11.9 Å². The van der Waals surface area contributed by atoms with Crippen molar-refractivity contribution >= 4 is 71.4 Å². The molecule has 5 heteroatoms. The number of esters is 1. The van der Waals surface area contributed by atoms with Crippen LogP contribution in [-0.2, 0) is 16.1 Å². The van der Waals surface area contributed by atoms with Crippen LogP contribution in [0.3, 0.4) is 0 Å². The van der Waals surface area contributed by atoms with E-state index >= 15 is 0 Å². The van der Waals surface area contributed by atoms with Crippen LogP contribution in [0.5, 0.6) is 0 Å². The number of nitrogens with zero attached hydrogens (tertiary/aromatic N) is 3. The molecule has 0 N–H and O–H groups in total. The van der Waals surface area contributed by atoms with Crippen molar-refractivity contribution in [1.82, 2.24) is 13.7 Å². The number of rotatable bonds is 7. The second kappa shape index (κ2) is 11.2. The first-order valence-corrected chi connectivity index (χ1v) is 16.8. The molecule has 3 aromatic heterocycles. The van der Waals surface area contributed by atoms with Gasteiger partial charge in [0.1, 0.15) is 0 Å². The number of para-hydroxylation sites is 4. The Morgan fingerprint density at radius 3 is 1.31 bits per heavy atom. The molecule has 0 spiro atoms. The fourth-order valence-electron chi connectivity index (χ4n) is 7.56. The topological polar surface area (TPSA) is 41.1 Å². The smallest absolute Gasteiger partial charge is 0.308 e. The van der Waals surface area contributed by atoms with Crippen molar-refractivity contribution in [2.24, 2.45) is 5.92 Å². The minimum atomic E-state index is -0.149. The highest BCUT2D eigenvalue weighted by Crippen LogP contribution is 2.38. The van der Waals surface area contributed by atoms with E-state index < -0.39 is 0 Å². The van der Waals surface area contributed by atoms with E-state index in [0.29, 0.717) is 6.61 Å². The summed E-state index contributed by atoms with van der Waals surface area (Å²) in [4.78, 5) is 12.2. The highest BCUT2D eigenvalue weighted by atomic mass is 16.5. The first-order valence-electron chi connectivity index (χ1n) is 16.8. The third-order valence-corrected chi connectivity index (χ3v) is 9.75. The number of fused-ring (bicyclic) bond motifs is 9. The van der Waals surface area contributed by atoms with Crippen LogP contribution in [-0.4, -0.2) is 26.3 Å².